The number of aliphatic hydroxyl groups is 1. The lowest BCUT2D eigenvalue weighted by Gasteiger charge is -2.28. The maximum absolute atomic E-state index is 12.1. The summed E-state index contributed by atoms with van der Waals surface area (Å²) in [6, 6.07) is 0. The van der Waals surface area contributed by atoms with Crippen LogP contribution < -0.4 is 0 Å². The molecule has 0 amide bonds. The molecule has 1 N–H and O–H groups in total. The van der Waals surface area contributed by atoms with Crippen molar-refractivity contribution in [1.82, 2.24) is 0 Å². The molecule has 0 aromatic carbocycles. The van der Waals surface area contributed by atoms with E-state index in [2.05, 4.69) is 6.92 Å². The van der Waals surface area contributed by atoms with Crippen LogP contribution in [0.5, 0.6) is 0 Å². The molecule has 0 spiro atoms. The van der Waals surface area contributed by atoms with Crippen LogP contribution in [0.25, 0.3) is 0 Å². The molecule has 0 aromatic rings. The Morgan fingerprint density at radius 2 is 2.06 bits per heavy atom. The van der Waals surface area contributed by atoms with Crippen molar-refractivity contribution in [3.05, 3.63) is 33.8 Å². The molecule has 0 bridgehead atoms. The predicted molar refractivity (Wildman–Crippen MR) is 67.9 cm³/mol. The fourth-order valence-electron chi connectivity index (χ4n) is 3.29. The third kappa shape index (κ3) is 1.22. The van der Waals surface area contributed by atoms with Crippen LogP contribution in [-0.4, -0.2) is 16.5 Å². The lowest BCUT2D eigenvalue weighted by molar-refractivity contribution is -0.115. The molecular weight excluding hydrogens is 228 g/mol. The van der Waals surface area contributed by atoms with Crippen LogP contribution in [0, 0.1) is 5.92 Å². The average Bonchev–Trinajstić information content (AvgIpc) is 2.57. The van der Waals surface area contributed by atoms with Crippen molar-refractivity contribution in [2.24, 2.45) is 5.92 Å². The highest BCUT2D eigenvalue weighted by molar-refractivity contribution is 6.10. The van der Waals surface area contributed by atoms with Crippen LogP contribution in [0.4, 0.5) is 0 Å². The number of hydrogen-bond donors (Lipinski definition) is 1. The highest BCUT2D eigenvalue weighted by atomic mass is 16.5. The molecule has 96 valence electrons. The molecule has 1 unspecified atom stereocenters. The predicted octanol–water partition coefficient (Wildman–Crippen LogP) is 3.19. The van der Waals surface area contributed by atoms with Gasteiger partial charge in [0.25, 0.3) is 0 Å². The molecule has 2 aliphatic carbocycles. The Morgan fingerprint density at radius 3 is 2.72 bits per heavy atom. The molecule has 0 saturated heterocycles. The van der Waals surface area contributed by atoms with E-state index >= 15 is 0 Å². The molecule has 3 heteroatoms. The van der Waals surface area contributed by atoms with Crippen molar-refractivity contribution in [2.75, 3.05) is 0 Å². The van der Waals surface area contributed by atoms with E-state index in [1.807, 2.05) is 13.8 Å². The molecule has 0 aromatic heterocycles. The highest BCUT2D eigenvalue weighted by Crippen LogP contribution is 2.52. The van der Waals surface area contributed by atoms with Gasteiger partial charge in [0, 0.05) is 16.7 Å². The number of allylic oxidation sites excluding steroid dienone is 2. The molecule has 0 saturated carbocycles. The van der Waals surface area contributed by atoms with Gasteiger partial charge in [-0.25, -0.2) is 0 Å². The second-order valence-corrected chi connectivity index (χ2v) is 5.95. The van der Waals surface area contributed by atoms with Crippen molar-refractivity contribution in [2.45, 2.75) is 46.1 Å². The van der Waals surface area contributed by atoms with Crippen LogP contribution in [0.1, 0.15) is 40.5 Å². The normalized spacial score (nSPS) is 29.8. The number of hydrogen-bond acceptors (Lipinski definition) is 3. The SMILES string of the molecule is CC1=C2OC(C)(C)C3=C2C(=C(O)C1=O)C(C)CC3. The third-order valence-electron chi connectivity index (χ3n) is 4.35. The standard InChI is InChI=1S/C15H18O3/c1-7-5-6-9-11-10(7)13(17)12(16)8(2)14(11)18-15(9,3)4/h7,17H,5-6H2,1-4H3. The van der Waals surface area contributed by atoms with Crippen LogP contribution >= 0.6 is 0 Å². The van der Waals surface area contributed by atoms with Crippen LogP contribution in [0.2, 0.25) is 0 Å². The second-order valence-electron chi connectivity index (χ2n) is 5.95. The molecule has 3 nitrogen and oxygen atoms in total. The zero-order chi connectivity index (χ0) is 13.2. The number of carbonyl (C=O) groups is 1. The smallest absolute Gasteiger partial charge is 0.227 e. The van der Waals surface area contributed by atoms with Gasteiger partial charge in [0.15, 0.2) is 5.76 Å². The summed E-state index contributed by atoms with van der Waals surface area (Å²) in [5.74, 6) is 0.555. The molecule has 3 rings (SSSR count). The van der Waals surface area contributed by atoms with E-state index in [1.54, 1.807) is 6.92 Å². The van der Waals surface area contributed by atoms with Crippen molar-refractivity contribution in [3.63, 3.8) is 0 Å². The summed E-state index contributed by atoms with van der Waals surface area (Å²) in [5, 5.41) is 10.2. The summed E-state index contributed by atoms with van der Waals surface area (Å²) < 4.78 is 5.99. The van der Waals surface area contributed by atoms with E-state index in [-0.39, 0.29) is 23.1 Å². The Hall–Kier alpha value is -1.51. The average molecular weight is 246 g/mol. The van der Waals surface area contributed by atoms with Gasteiger partial charge in [-0.1, -0.05) is 6.92 Å². The highest BCUT2D eigenvalue weighted by Gasteiger charge is 2.47. The molecule has 0 fully saturated rings. The van der Waals surface area contributed by atoms with Gasteiger partial charge in [0.05, 0.1) is 0 Å². The summed E-state index contributed by atoms with van der Waals surface area (Å²) >= 11 is 0. The minimum absolute atomic E-state index is 0.0720. The minimum atomic E-state index is -0.359. The Balaban J connectivity index is 2.34. The van der Waals surface area contributed by atoms with Gasteiger partial charge in [-0.15, -0.1) is 0 Å². The monoisotopic (exact) mass is 246 g/mol. The molecule has 1 atom stereocenters. The maximum atomic E-state index is 12.1. The number of rotatable bonds is 0. The van der Waals surface area contributed by atoms with Crippen LogP contribution in [0.3, 0.4) is 0 Å². The number of Topliss-reactive ketones (excluding diaryl/α,β-unsaturated/α-hetero) is 1. The van der Waals surface area contributed by atoms with E-state index in [0.29, 0.717) is 11.3 Å². The summed E-state index contributed by atoms with van der Waals surface area (Å²) in [6.45, 7) is 7.86. The zero-order valence-electron chi connectivity index (χ0n) is 11.3. The van der Waals surface area contributed by atoms with Crippen molar-refractivity contribution >= 4 is 5.78 Å². The first-order valence-corrected chi connectivity index (χ1v) is 6.46. The first-order valence-electron chi connectivity index (χ1n) is 6.46. The lowest BCUT2D eigenvalue weighted by Crippen LogP contribution is -2.24. The fraction of sp³-hybridized carbons (Fsp3) is 0.533. The van der Waals surface area contributed by atoms with E-state index in [0.717, 1.165) is 24.0 Å². The first-order chi connectivity index (χ1) is 8.34. The van der Waals surface area contributed by atoms with Gasteiger partial charge < -0.3 is 9.84 Å². The Morgan fingerprint density at radius 1 is 1.39 bits per heavy atom. The summed E-state index contributed by atoms with van der Waals surface area (Å²) in [7, 11) is 0. The van der Waals surface area contributed by atoms with Crippen molar-refractivity contribution in [3.8, 4) is 0 Å². The van der Waals surface area contributed by atoms with Crippen molar-refractivity contribution in [1.29, 1.82) is 0 Å². The quantitative estimate of drug-likeness (QED) is 0.714. The van der Waals surface area contributed by atoms with Crippen LogP contribution in [-0.2, 0) is 9.53 Å². The third-order valence-corrected chi connectivity index (χ3v) is 4.35. The topological polar surface area (TPSA) is 46.5 Å². The summed E-state index contributed by atoms with van der Waals surface area (Å²) in [6.07, 6.45) is 1.94. The van der Waals surface area contributed by atoms with Gasteiger partial charge in [-0.3, -0.25) is 4.79 Å². The summed E-state index contributed by atoms with van der Waals surface area (Å²) in [5.41, 5.74) is 3.20. The van der Waals surface area contributed by atoms with Gasteiger partial charge in [-0.2, -0.15) is 0 Å². The van der Waals surface area contributed by atoms with Gasteiger partial charge in [0.2, 0.25) is 5.78 Å². The maximum Gasteiger partial charge on any atom is 0.227 e. The van der Waals surface area contributed by atoms with E-state index < -0.39 is 0 Å². The molecular formula is C15H18O3. The Labute approximate surface area is 107 Å². The van der Waals surface area contributed by atoms with E-state index in [1.165, 1.54) is 5.57 Å². The van der Waals surface area contributed by atoms with Crippen molar-refractivity contribution < 1.29 is 14.6 Å². The molecule has 3 aliphatic rings. The number of aliphatic hydroxyl groups excluding tert-OH is 1. The summed E-state index contributed by atoms with van der Waals surface area (Å²) in [4.78, 5) is 12.1. The van der Waals surface area contributed by atoms with Gasteiger partial charge in [0.1, 0.15) is 11.4 Å². The minimum Gasteiger partial charge on any atom is -0.504 e. The van der Waals surface area contributed by atoms with Gasteiger partial charge in [-0.05, 0) is 45.1 Å². The number of ketones is 1. The molecule has 0 radical (unpaired) electrons. The largest absolute Gasteiger partial charge is 0.504 e. The molecule has 1 heterocycles. The van der Waals surface area contributed by atoms with Gasteiger partial charge >= 0.3 is 0 Å². The number of carbonyl (C=O) groups excluding carboxylic acids is 1. The first kappa shape index (κ1) is 11.6. The second kappa shape index (κ2) is 3.28. The lowest BCUT2D eigenvalue weighted by atomic mass is 9.73. The van der Waals surface area contributed by atoms with E-state index in [4.69, 9.17) is 4.74 Å². The Kier molecular flexibility index (Phi) is 2.11. The number of ether oxygens (including phenoxy) is 1. The molecule has 18 heavy (non-hydrogen) atoms. The fourth-order valence-corrected chi connectivity index (χ4v) is 3.29. The van der Waals surface area contributed by atoms with Crippen LogP contribution in [0.15, 0.2) is 33.8 Å². The van der Waals surface area contributed by atoms with E-state index in [9.17, 15) is 9.90 Å². The zero-order valence-corrected chi connectivity index (χ0v) is 11.3. The Bertz CT molecular complexity index is 558. The molecule has 1 aliphatic heterocycles.